The molecule has 0 saturated carbocycles. The first-order chi connectivity index (χ1) is 13.5. The molecule has 3 aromatic carbocycles. The zero-order valence-corrected chi connectivity index (χ0v) is 16.7. The number of carbonyl (C=O) groups excluding carboxylic acids is 1. The van der Waals surface area contributed by atoms with E-state index in [9.17, 15) is 4.79 Å². The molecular formula is C22H17BrN2O3. The molecule has 0 bridgehead atoms. The molecule has 2 N–H and O–H groups in total. The van der Waals surface area contributed by atoms with Gasteiger partial charge in [0, 0.05) is 4.47 Å². The second-order valence-corrected chi connectivity index (χ2v) is 6.84. The highest BCUT2D eigenvalue weighted by atomic mass is 79.9. The van der Waals surface area contributed by atoms with Crippen molar-refractivity contribution in [3.05, 3.63) is 75.8 Å². The van der Waals surface area contributed by atoms with E-state index in [2.05, 4.69) is 34.1 Å². The van der Waals surface area contributed by atoms with Crippen molar-refractivity contribution in [1.82, 2.24) is 0 Å². The fraction of sp³-hybridized carbons (Fsp3) is 0.0909. The lowest BCUT2D eigenvalue weighted by Gasteiger charge is -2.14. The largest absolute Gasteiger partial charge is 0.493 e. The first kappa shape index (κ1) is 19.5. The number of nitriles is 1. The third kappa shape index (κ3) is 4.16. The third-order valence-corrected chi connectivity index (χ3v) is 4.92. The summed E-state index contributed by atoms with van der Waals surface area (Å²) in [6, 6.07) is 19.4. The van der Waals surface area contributed by atoms with E-state index >= 15 is 0 Å². The van der Waals surface area contributed by atoms with Crippen molar-refractivity contribution >= 4 is 38.7 Å². The van der Waals surface area contributed by atoms with Gasteiger partial charge in [-0.3, -0.25) is 4.79 Å². The fourth-order valence-electron chi connectivity index (χ4n) is 2.82. The lowest BCUT2D eigenvalue weighted by Crippen LogP contribution is -2.12. The number of rotatable bonds is 6. The van der Waals surface area contributed by atoms with E-state index < -0.39 is 5.91 Å². The Labute approximate surface area is 171 Å². The molecular weight excluding hydrogens is 420 g/mol. The lowest BCUT2D eigenvalue weighted by molar-refractivity contribution is -0.114. The van der Waals surface area contributed by atoms with Crippen LogP contribution in [0, 0.1) is 11.3 Å². The standard InChI is InChI=1S/C22H17BrN2O3/c1-27-20-10-16(9-17(12-24)22(25)26)19(23)11-21(20)28-13-15-7-4-6-14-5-2-3-8-18(14)15/h2-11H,13H2,1H3,(H2,25,26). The maximum absolute atomic E-state index is 11.3. The maximum Gasteiger partial charge on any atom is 0.259 e. The molecule has 0 aliphatic carbocycles. The molecule has 0 spiro atoms. The van der Waals surface area contributed by atoms with Gasteiger partial charge in [0.1, 0.15) is 18.2 Å². The van der Waals surface area contributed by atoms with E-state index in [1.54, 1.807) is 18.2 Å². The van der Waals surface area contributed by atoms with Crippen LogP contribution in [-0.2, 0) is 11.4 Å². The molecule has 3 aromatic rings. The first-order valence-electron chi connectivity index (χ1n) is 8.42. The zero-order chi connectivity index (χ0) is 20.1. The Morgan fingerprint density at radius 1 is 1.18 bits per heavy atom. The highest BCUT2D eigenvalue weighted by molar-refractivity contribution is 9.10. The van der Waals surface area contributed by atoms with Crippen LogP contribution in [0.3, 0.4) is 0 Å². The van der Waals surface area contributed by atoms with Crippen molar-refractivity contribution < 1.29 is 14.3 Å². The average Bonchev–Trinajstić information content (AvgIpc) is 2.71. The molecule has 5 nitrogen and oxygen atoms in total. The molecule has 0 heterocycles. The van der Waals surface area contributed by atoms with Crippen LogP contribution in [0.4, 0.5) is 0 Å². The van der Waals surface area contributed by atoms with Gasteiger partial charge in [-0.05, 0) is 40.1 Å². The Hall–Kier alpha value is -3.30. The van der Waals surface area contributed by atoms with Gasteiger partial charge in [-0.2, -0.15) is 5.26 Å². The summed E-state index contributed by atoms with van der Waals surface area (Å²) in [6.45, 7) is 0.365. The van der Waals surface area contributed by atoms with E-state index in [0.29, 0.717) is 28.1 Å². The van der Waals surface area contributed by atoms with Crippen molar-refractivity contribution in [2.24, 2.45) is 5.73 Å². The number of carbonyl (C=O) groups is 1. The molecule has 0 radical (unpaired) electrons. The molecule has 0 aliphatic heterocycles. The highest BCUT2D eigenvalue weighted by Gasteiger charge is 2.12. The fourth-order valence-corrected chi connectivity index (χ4v) is 3.26. The van der Waals surface area contributed by atoms with Crippen molar-refractivity contribution in [3.63, 3.8) is 0 Å². The number of methoxy groups -OCH3 is 1. The number of amides is 1. The number of hydrogen-bond donors (Lipinski definition) is 1. The van der Waals surface area contributed by atoms with Gasteiger partial charge in [-0.15, -0.1) is 0 Å². The predicted octanol–water partition coefficient (Wildman–Crippen LogP) is 4.58. The molecule has 0 unspecified atom stereocenters. The highest BCUT2D eigenvalue weighted by Crippen LogP contribution is 2.35. The summed E-state index contributed by atoms with van der Waals surface area (Å²) in [5.41, 5.74) is 6.70. The van der Waals surface area contributed by atoms with Crippen LogP contribution in [0.1, 0.15) is 11.1 Å². The Kier molecular flexibility index (Phi) is 5.97. The minimum absolute atomic E-state index is 0.146. The van der Waals surface area contributed by atoms with E-state index in [4.69, 9.17) is 20.5 Å². The van der Waals surface area contributed by atoms with E-state index in [1.807, 2.05) is 24.3 Å². The van der Waals surface area contributed by atoms with Gasteiger partial charge in [-0.1, -0.05) is 58.4 Å². The number of nitrogens with two attached hydrogens (primary N) is 1. The van der Waals surface area contributed by atoms with Crippen LogP contribution in [0.5, 0.6) is 11.5 Å². The van der Waals surface area contributed by atoms with Gasteiger partial charge in [0.15, 0.2) is 11.5 Å². The van der Waals surface area contributed by atoms with E-state index in [0.717, 1.165) is 16.3 Å². The van der Waals surface area contributed by atoms with Crippen LogP contribution in [0.15, 0.2) is 64.6 Å². The number of ether oxygens (including phenoxy) is 2. The Bertz CT molecular complexity index is 1110. The maximum atomic E-state index is 11.3. The molecule has 0 aromatic heterocycles. The Morgan fingerprint density at radius 2 is 1.93 bits per heavy atom. The predicted molar refractivity (Wildman–Crippen MR) is 112 cm³/mol. The summed E-state index contributed by atoms with van der Waals surface area (Å²) in [4.78, 5) is 11.3. The van der Waals surface area contributed by atoms with Gasteiger partial charge in [0.25, 0.3) is 5.91 Å². The number of benzene rings is 3. The van der Waals surface area contributed by atoms with Crippen molar-refractivity contribution in [1.29, 1.82) is 5.26 Å². The van der Waals surface area contributed by atoms with Gasteiger partial charge in [0.2, 0.25) is 0 Å². The second kappa shape index (κ2) is 8.59. The van der Waals surface area contributed by atoms with Gasteiger partial charge >= 0.3 is 0 Å². The number of fused-ring (bicyclic) bond motifs is 1. The molecule has 0 aliphatic rings. The van der Waals surface area contributed by atoms with Gasteiger partial charge < -0.3 is 15.2 Å². The van der Waals surface area contributed by atoms with Crippen LogP contribution >= 0.6 is 15.9 Å². The number of hydrogen-bond acceptors (Lipinski definition) is 4. The third-order valence-electron chi connectivity index (χ3n) is 4.23. The topological polar surface area (TPSA) is 85.3 Å². The van der Waals surface area contributed by atoms with Crippen molar-refractivity contribution in [2.45, 2.75) is 6.61 Å². The molecule has 1 amide bonds. The Balaban J connectivity index is 1.91. The summed E-state index contributed by atoms with van der Waals surface area (Å²) < 4.78 is 12.1. The minimum Gasteiger partial charge on any atom is -0.493 e. The summed E-state index contributed by atoms with van der Waals surface area (Å²) in [7, 11) is 1.53. The quantitative estimate of drug-likeness (QED) is 0.452. The molecule has 28 heavy (non-hydrogen) atoms. The summed E-state index contributed by atoms with van der Waals surface area (Å²) in [5.74, 6) is 0.234. The second-order valence-electron chi connectivity index (χ2n) is 5.99. The van der Waals surface area contributed by atoms with Crippen LogP contribution in [0.2, 0.25) is 0 Å². The van der Waals surface area contributed by atoms with Crippen molar-refractivity contribution in [2.75, 3.05) is 7.11 Å². The normalized spacial score (nSPS) is 11.1. The summed E-state index contributed by atoms with van der Waals surface area (Å²) in [6.07, 6.45) is 1.41. The summed E-state index contributed by atoms with van der Waals surface area (Å²) >= 11 is 3.44. The smallest absolute Gasteiger partial charge is 0.259 e. The number of nitrogens with zero attached hydrogens (tertiary/aromatic N) is 1. The monoisotopic (exact) mass is 436 g/mol. The molecule has 0 fully saturated rings. The SMILES string of the molecule is COc1cc(C=C(C#N)C(N)=O)c(Br)cc1OCc1cccc2ccccc12. The number of halogens is 1. The summed E-state index contributed by atoms with van der Waals surface area (Å²) in [5, 5.41) is 11.3. The lowest BCUT2D eigenvalue weighted by atomic mass is 10.1. The van der Waals surface area contributed by atoms with Gasteiger partial charge in [-0.25, -0.2) is 0 Å². The zero-order valence-electron chi connectivity index (χ0n) is 15.1. The van der Waals surface area contributed by atoms with Crippen LogP contribution in [0.25, 0.3) is 16.8 Å². The number of primary amides is 1. The Morgan fingerprint density at radius 3 is 2.64 bits per heavy atom. The van der Waals surface area contributed by atoms with E-state index in [1.165, 1.54) is 13.2 Å². The van der Waals surface area contributed by atoms with E-state index in [-0.39, 0.29) is 5.57 Å². The molecule has 140 valence electrons. The van der Waals surface area contributed by atoms with Crippen molar-refractivity contribution in [3.8, 4) is 17.6 Å². The molecule has 3 rings (SSSR count). The van der Waals surface area contributed by atoms with Gasteiger partial charge in [0.05, 0.1) is 7.11 Å². The molecule has 6 heteroatoms. The van der Waals surface area contributed by atoms with Crippen LogP contribution < -0.4 is 15.2 Å². The molecule has 0 saturated heterocycles. The van der Waals surface area contributed by atoms with Crippen LogP contribution in [-0.4, -0.2) is 13.0 Å². The average molecular weight is 437 g/mol. The first-order valence-corrected chi connectivity index (χ1v) is 9.21. The molecule has 0 atom stereocenters. The minimum atomic E-state index is -0.787.